The number of carbonyl (C=O) groups excluding carboxylic acids is 1. The SMILES string of the molecule is CCc1ccc(-n2nc(C)c3c(C(=O)Nc4cc(Cl)c(OC)cc4OC)cc(C)nc32)cc1. The summed E-state index contributed by atoms with van der Waals surface area (Å²) in [5.74, 6) is 0.587. The first-order valence-corrected chi connectivity index (χ1v) is 10.9. The van der Waals surface area contributed by atoms with Gasteiger partial charge in [-0.15, -0.1) is 0 Å². The Bertz CT molecular complexity index is 1350. The molecule has 0 unspecified atom stereocenters. The first-order valence-electron chi connectivity index (χ1n) is 10.5. The van der Waals surface area contributed by atoms with Crippen molar-refractivity contribution < 1.29 is 14.3 Å². The predicted molar refractivity (Wildman–Crippen MR) is 130 cm³/mol. The van der Waals surface area contributed by atoms with Crippen molar-refractivity contribution in [1.29, 1.82) is 0 Å². The Hall–Kier alpha value is -3.58. The fourth-order valence-electron chi connectivity index (χ4n) is 3.79. The van der Waals surface area contributed by atoms with Gasteiger partial charge in [0, 0.05) is 11.8 Å². The van der Waals surface area contributed by atoms with E-state index in [0.29, 0.717) is 50.2 Å². The number of hydrogen-bond donors (Lipinski definition) is 1. The molecule has 2 aromatic carbocycles. The van der Waals surface area contributed by atoms with E-state index in [9.17, 15) is 4.79 Å². The van der Waals surface area contributed by atoms with Crippen molar-refractivity contribution in [2.75, 3.05) is 19.5 Å². The van der Waals surface area contributed by atoms with Crippen LogP contribution in [0.2, 0.25) is 5.02 Å². The van der Waals surface area contributed by atoms with Crippen molar-refractivity contribution in [1.82, 2.24) is 14.8 Å². The Morgan fingerprint density at radius 3 is 2.39 bits per heavy atom. The fourth-order valence-corrected chi connectivity index (χ4v) is 4.03. The molecule has 0 bridgehead atoms. The van der Waals surface area contributed by atoms with Crippen LogP contribution in [0.15, 0.2) is 42.5 Å². The highest BCUT2D eigenvalue weighted by atomic mass is 35.5. The summed E-state index contributed by atoms with van der Waals surface area (Å²) in [6, 6.07) is 13.2. The molecule has 0 fully saturated rings. The molecule has 170 valence electrons. The summed E-state index contributed by atoms with van der Waals surface area (Å²) in [4.78, 5) is 18.1. The van der Waals surface area contributed by atoms with Crippen molar-refractivity contribution in [3.05, 3.63) is 70.0 Å². The van der Waals surface area contributed by atoms with Crippen molar-refractivity contribution in [3.63, 3.8) is 0 Å². The van der Waals surface area contributed by atoms with E-state index >= 15 is 0 Å². The third-order valence-electron chi connectivity index (χ3n) is 5.50. The van der Waals surface area contributed by atoms with Gasteiger partial charge in [-0.05, 0) is 50.1 Å². The summed E-state index contributed by atoms with van der Waals surface area (Å²) in [6.07, 6.45) is 0.958. The third kappa shape index (κ3) is 4.24. The number of methoxy groups -OCH3 is 2. The maximum absolute atomic E-state index is 13.4. The number of hydrogen-bond acceptors (Lipinski definition) is 5. The Labute approximate surface area is 197 Å². The summed E-state index contributed by atoms with van der Waals surface area (Å²) in [5.41, 5.74) is 5.08. The van der Waals surface area contributed by atoms with Crippen LogP contribution in [0.4, 0.5) is 5.69 Å². The minimum absolute atomic E-state index is 0.311. The molecule has 0 atom stereocenters. The Morgan fingerprint density at radius 1 is 1.06 bits per heavy atom. The van der Waals surface area contributed by atoms with Gasteiger partial charge in [0.25, 0.3) is 5.91 Å². The number of halogens is 1. The molecule has 0 aliphatic rings. The third-order valence-corrected chi connectivity index (χ3v) is 5.79. The van der Waals surface area contributed by atoms with E-state index in [1.54, 1.807) is 22.9 Å². The number of aryl methyl sites for hydroxylation is 3. The fraction of sp³-hybridized carbons (Fsp3) is 0.240. The van der Waals surface area contributed by atoms with Gasteiger partial charge in [0.15, 0.2) is 5.65 Å². The maximum Gasteiger partial charge on any atom is 0.256 e. The molecule has 0 aliphatic heterocycles. The molecule has 8 heteroatoms. The lowest BCUT2D eigenvalue weighted by Gasteiger charge is -2.14. The van der Waals surface area contributed by atoms with Crippen LogP contribution in [-0.4, -0.2) is 34.9 Å². The van der Waals surface area contributed by atoms with Gasteiger partial charge in [-0.25, -0.2) is 9.67 Å². The number of benzene rings is 2. The van der Waals surface area contributed by atoms with Gasteiger partial charge in [0.05, 0.1) is 47.3 Å². The number of nitrogens with one attached hydrogen (secondary N) is 1. The number of aromatic nitrogens is 3. The number of amides is 1. The normalized spacial score (nSPS) is 11.0. The molecule has 0 saturated carbocycles. The molecule has 33 heavy (non-hydrogen) atoms. The van der Waals surface area contributed by atoms with Gasteiger partial charge in [0.2, 0.25) is 0 Å². The average molecular weight is 465 g/mol. The average Bonchev–Trinajstić information content (AvgIpc) is 3.14. The van der Waals surface area contributed by atoms with Crippen LogP contribution in [0, 0.1) is 13.8 Å². The Balaban J connectivity index is 1.79. The number of anilines is 1. The minimum atomic E-state index is -0.311. The van der Waals surface area contributed by atoms with Crippen molar-refractivity contribution in [3.8, 4) is 17.2 Å². The first kappa shape index (κ1) is 22.6. The molecule has 0 aliphatic carbocycles. The number of rotatable bonds is 6. The smallest absolute Gasteiger partial charge is 0.256 e. The zero-order valence-corrected chi connectivity index (χ0v) is 19.9. The summed E-state index contributed by atoms with van der Waals surface area (Å²) in [7, 11) is 3.04. The molecule has 4 rings (SSSR count). The van der Waals surface area contributed by atoms with E-state index in [4.69, 9.17) is 26.1 Å². The van der Waals surface area contributed by atoms with Crippen LogP contribution >= 0.6 is 11.6 Å². The topological polar surface area (TPSA) is 78.3 Å². The van der Waals surface area contributed by atoms with Gasteiger partial charge in [-0.3, -0.25) is 4.79 Å². The highest BCUT2D eigenvalue weighted by Gasteiger charge is 2.21. The monoisotopic (exact) mass is 464 g/mol. The highest BCUT2D eigenvalue weighted by Crippen LogP contribution is 2.36. The summed E-state index contributed by atoms with van der Waals surface area (Å²) in [6.45, 7) is 5.84. The number of carbonyl (C=O) groups is 1. The van der Waals surface area contributed by atoms with E-state index in [1.807, 2.05) is 26.0 Å². The molecule has 1 amide bonds. The van der Waals surface area contributed by atoms with Crippen LogP contribution in [-0.2, 0) is 6.42 Å². The van der Waals surface area contributed by atoms with Crippen LogP contribution in [0.1, 0.15) is 34.2 Å². The second-order valence-electron chi connectivity index (χ2n) is 7.67. The molecule has 4 aromatic rings. The van der Waals surface area contributed by atoms with Crippen LogP contribution in [0.25, 0.3) is 16.7 Å². The molecular weight excluding hydrogens is 440 g/mol. The number of ether oxygens (including phenoxy) is 2. The second kappa shape index (κ2) is 9.11. The molecule has 2 aromatic heterocycles. The van der Waals surface area contributed by atoms with Gasteiger partial charge in [0.1, 0.15) is 11.5 Å². The first-order chi connectivity index (χ1) is 15.9. The number of nitrogens with zero attached hydrogens (tertiary/aromatic N) is 3. The molecule has 0 radical (unpaired) electrons. The Morgan fingerprint density at radius 2 is 1.76 bits per heavy atom. The van der Waals surface area contributed by atoms with E-state index in [-0.39, 0.29) is 5.91 Å². The zero-order chi connectivity index (χ0) is 23.7. The van der Waals surface area contributed by atoms with Crippen LogP contribution in [0.5, 0.6) is 11.5 Å². The summed E-state index contributed by atoms with van der Waals surface area (Å²) < 4.78 is 12.4. The quantitative estimate of drug-likeness (QED) is 0.406. The molecule has 7 nitrogen and oxygen atoms in total. The molecular formula is C25H25ClN4O3. The largest absolute Gasteiger partial charge is 0.495 e. The summed E-state index contributed by atoms with van der Waals surface area (Å²) >= 11 is 6.27. The lowest BCUT2D eigenvalue weighted by Crippen LogP contribution is -2.14. The van der Waals surface area contributed by atoms with E-state index in [0.717, 1.165) is 12.1 Å². The van der Waals surface area contributed by atoms with Gasteiger partial charge in [-0.2, -0.15) is 5.10 Å². The standard InChI is InChI=1S/C25H25ClN4O3/c1-6-16-7-9-17(10-8-16)30-24-23(15(3)29-30)18(11-14(2)27-24)25(31)28-20-12-19(26)21(32-4)13-22(20)33-5/h7-13H,6H2,1-5H3,(H,28,31). The molecule has 2 heterocycles. The van der Waals surface area contributed by atoms with Crippen molar-refractivity contribution >= 4 is 34.2 Å². The lowest BCUT2D eigenvalue weighted by molar-refractivity contribution is 0.102. The maximum atomic E-state index is 13.4. The van der Waals surface area contributed by atoms with Crippen molar-refractivity contribution in [2.45, 2.75) is 27.2 Å². The van der Waals surface area contributed by atoms with Gasteiger partial charge in [-0.1, -0.05) is 30.7 Å². The summed E-state index contributed by atoms with van der Waals surface area (Å²) in [5, 5.41) is 8.66. The zero-order valence-electron chi connectivity index (χ0n) is 19.2. The molecule has 1 N–H and O–H groups in total. The molecule has 0 saturated heterocycles. The van der Waals surface area contributed by atoms with Crippen LogP contribution in [0.3, 0.4) is 0 Å². The number of fused-ring (bicyclic) bond motifs is 1. The second-order valence-corrected chi connectivity index (χ2v) is 8.08. The number of pyridine rings is 1. The van der Waals surface area contributed by atoms with Gasteiger partial charge >= 0.3 is 0 Å². The minimum Gasteiger partial charge on any atom is -0.495 e. The van der Waals surface area contributed by atoms with Crippen LogP contribution < -0.4 is 14.8 Å². The van der Waals surface area contributed by atoms with Gasteiger partial charge < -0.3 is 14.8 Å². The van der Waals surface area contributed by atoms with E-state index in [2.05, 4.69) is 29.5 Å². The lowest BCUT2D eigenvalue weighted by atomic mass is 10.1. The van der Waals surface area contributed by atoms with E-state index in [1.165, 1.54) is 19.8 Å². The highest BCUT2D eigenvalue weighted by molar-refractivity contribution is 6.32. The Kier molecular flexibility index (Phi) is 6.24. The molecule has 0 spiro atoms. The van der Waals surface area contributed by atoms with E-state index < -0.39 is 0 Å². The predicted octanol–water partition coefficient (Wildman–Crippen LogP) is 5.52. The van der Waals surface area contributed by atoms with Crippen molar-refractivity contribution in [2.24, 2.45) is 0 Å².